The van der Waals surface area contributed by atoms with Crippen LogP contribution in [0.1, 0.15) is 32.3 Å². The molecule has 0 saturated heterocycles. The Balaban J connectivity index is 2.30. The average Bonchev–Trinajstić information content (AvgIpc) is 3.09. The highest BCUT2D eigenvalue weighted by Gasteiger charge is 2.26. The summed E-state index contributed by atoms with van der Waals surface area (Å²) in [6.45, 7) is 5.56. The van der Waals surface area contributed by atoms with Gasteiger partial charge in [-0.25, -0.2) is 0 Å². The highest BCUT2D eigenvalue weighted by atomic mass is 32.1. The lowest BCUT2D eigenvalue weighted by atomic mass is 10.1. The lowest BCUT2D eigenvalue weighted by Crippen LogP contribution is -2.34. The molecule has 2 N–H and O–H groups in total. The van der Waals surface area contributed by atoms with Crippen LogP contribution >= 0.6 is 12.2 Å². The van der Waals surface area contributed by atoms with Crippen molar-refractivity contribution in [2.45, 2.75) is 32.7 Å². The molecule has 1 aliphatic carbocycles. The lowest BCUT2D eigenvalue weighted by molar-refractivity contribution is 0.644. The van der Waals surface area contributed by atoms with Gasteiger partial charge >= 0.3 is 0 Å². The number of thiocarbonyl (C=S) groups is 1. The third kappa shape index (κ3) is 2.97. The Morgan fingerprint density at radius 1 is 1.41 bits per heavy atom. The Morgan fingerprint density at radius 3 is 2.59 bits per heavy atom. The second-order valence-corrected chi connectivity index (χ2v) is 5.51. The van der Waals surface area contributed by atoms with Crippen molar-refractivity contribution in [3.8, 4) is 0 Å². The van der Waals surface area contributed by atoms with Gasteiger partial charge in [-0.2, -0.15) is 0 Å². The molecular formula is C14H20N2S. The van der Waals surface area contributed by atoms with Crippen molar-refractivity contribution in [3.05, 3.63) is 29.8 Å². The van der Waals surface area contributed by atoms with E-state index in [0.29, 0.717) is 11.0 Å². The maximum Gasteiger partial charge on any atom is 0.106 e. The molecule has 0 bridgehead atoms. The van der Waals surface area contributed by atoms with Crippen LogP contribution in [0.25, 0.3) is 0 Å². The zero-order chi connectivity index (χ0) is 12.4. The number of nitrogens with zero attached hydrogens (tertiary/aromatic N) is 1. The Morgan fingerprint density at radius 2 is 2.06 bits per heavy atom. The molecule has 1 fully saturated rings. The summed E-state index contributed by atoms with van der Waals surface area (Å²) in [5.74, 6) is 0.858. The smallest absolute Gasteiger partial charge is 0.106 e. The van der Waals surface area contributed by atoms with E-state index in [1.807, 2.05) is 12.1 Å². The predicted molar refractivity (Wildman–Crippen MR) is 77.5 cm³/mol. The second kappa shape index (κ2) is 5.05. The van der Waals surface area contributed by atoms with Gasteiger partial charge in [-0.3, -0.25) is 0 Å². The van der Waals surface area contributed by atoms with E-state index < -0.39 is 0 Å². The fourth-order valence-corrected chi connectivity index (χ4v) is 2.27. The largest absolute Gasteiger partial charge is 0.389 e. The first-order chi connectivity index (χ1) is 8.09. The first kappa shape index (κ1) is 12.4. The summed E-state index contributed by atoms with van der Waals surface area (Å²) in [5, 5.41) is 0. The summed E-state index contributed by atoms with van der Waals surface area (Å²) in [6, 6.07) is 8.66. The molecule has 0 atom stereocenters. The van der Waals surface area contributed by atoms with Crippen LogP contribution in [-0.2, 0) is 0 Å². The zero-order valence-corrected chi connectivity index (χ0v) is 11.3. The van der Waals surface area contributed by atoms with Gasteiger partial charge in [-0.1, -0.05) is 24.4 Å². The number of hydrogen-bond donors (Lipinski definition) is 1. The van der Waals surface area contributed by atoms with Gasteiger partial charge in [0.2, 0.25) is 0 Å². The molecule has 3 heteroatoms. The number of para-hydroxylation sites is 1. The molecule has 0 aliphatic heterocycles. The summed E-state index contributed by atoms with van der Waals surface area (Å²) in [6.07, 6.45) is 2.72. The average molecular weight is 248 g/mol. The minimum Gasteiger partial charge on any atom is -0.389 e. The SMILES string of the molecule is CC(C)N(CC1CC1)c1ccccc1C(N)=S. The standard InChI is InChI=1S/C14H20N2S/c1-10(2)16(9-11-7-8-11)13-6-4-3-5-12(13)14(15)17/h3-6,10-11H,7-9H2,1-2H3,(H2,15,17). The highest BCUT2D eigenvalue weighted by molar-refractivity contribution is 7.80. The van der Waals surface area contributed by atoms with Gasteiger partial charge in [0, 0.05) is 23.8 Å². The zero-order valence-electron chi connectivity index (χ0n) is 10.5. The molecule has 0 spiro atoms. The fraction of sp³-hybridized carbons (Fsp3) is 0.500. The second-order valence-electron chi connectivity index (χ2n) is 5.07. The Kier molecular flexibility index (Phi) is 3.67. The number of hydrogen-bond acceptors (Lipinski definition) is 2. The van der Waals surface area contributed by atoms with Crippen molar-refractivity contribution in [2.75, 3.05) is 11.4 Å². The molecule has 0 aromatic heterocycles. The summed E-state index contributed by atoms with van der Waals surface area (Å²) in [7, 11) is 0. The minimum atomic E-state index is 0.478. The molecule has 1 saturated carbocycles. The predicted octanol–water partition coefficient (Wildman–Crippen LogP) is 2.95. The summed E-state index contributed by atoms with van der Waals surface area (Å²) >= 11 is 5.14. The van der Waals surface area contributed by atoms with Crippen LogP contribution in [0.2, 0.25) is 0 Å². The molecule has 1 aromatic carbocycles. The van der Waals surface area contributed by atoms with Crippen molar-refractivity contribution >= 4 is 22.9 Å². The van der Waals surface area contributed by atoms with Gasteiger partial charge in [0.05, 0.1) is 0 Å². The van der Waals surface area contributed by atoms with E-state index in [4.69, 9.17) is 18.0 Å². The molecule has 2 rings (SSSR count). The molecule has 0 amide bonds. The van der Waals surface area contributed by atoms with Gasteiger partial charge in [0.25, 0.3) is 0 Å². The highest BCUT2D eigenvalue weighted by Crippen LogP contribution is 2.33. The Hall–Kier alpha value is -1.09. The Bertz CT molecular complexity index is 410. The maximum absolute atomic E-state index is 5.80. The Labute approximate surface area is 109 Å². The van der Waals surface area contributed by atoms with E-state index in [1.54, 1.807) is 0 Å². The van der Waals surface area contributed by atoms with E-state index in [0.717, 1.165) is 18.0 Å². The molecular weight excluding hydrogens is 228 g/mol. The van der Waals surface area contributed by atoms with Crippen molar-refractivity contribution < 1.29 is 0 Å². The molecule has 2 nitrogen and oxygen atoms in total. The topological polar surface area (TPSA) is 29.3 Å². The number of rotatable bonds is 5. The van der Waals surface area contributed by atoms with Gasteiger partial charge < -0.3 is 10.6 Å². The van der Waals surface area contributed by atoms with Crippen molar-refractivity contribution in [2.24, 2.45) is 11.7 Å². The summed E-state index contributed by atoms with van der Waals surface area (Å²) < 4.78 is 0. The van der Waals surface area contributed by atoms with Crippen LogP contribution in [-0.4, -0.2) is 17.6 Å². The first-order valence-electron chi connectivity index (χ1n) is 6.25. The van der Waals surface area contributed by atoms with Crippen molar-refractivity contribution in [1.29, 1.82) is 0 Å². The molecule has 1 aromatic rings. The third-order valence-corrected chi connectivity index (χ3v) is 3.47. The molecule has 0 heterocycles. The maximum atomic E-state index is 5.80. The van der Waals surface area contributed by atoms with E-state index >= 15 is 0 Å². The van der Waals surface area contributed by atoms with Crippen molar-refractivity contribution in [3.63, 3.8) is 0 Å². The van der Waals surface area contributed by atoms with E-state index in [9.17, 15) is 0 Å². The first-order valence-corrected chi connectivity index (χ1v) is 6.66. The van der Waals surface area contributed by atoms with Crippen LogP contribution in [0.3, 0.4) is 0 Å². The normalized spacial score (nSPS) is 15.0. The number of nitrogens with two attached hydrogens (primary N) is 1. The minimum absolute atomic E-state index is 0.478. The van der Waals surface area contributed by atoms with Crippen LogP contribution < -0.4 is 10.6 Å². The van der Waals surface area contributed by atoms with Gasteiger partial charge in [0.15, 0.2) is 0 Å². The molecule has 0 unspecified atom stereocenters. The molecule has 1 aliphatic rings. The van der Waals surface area contributed by atoms with Crippen molar-refractivity contribution in [1.82, 2.24) is 0 Å². The van der Waals surface area contributed by atoms with E-state index in [2.05, 4.69) is 30.9 Å². The van der Waals surface area contributed by atoms with Crippen LogP contribution in [0, 0.1) is 5.92 Å². The van der Waals surface area contributed by atoms with Crippen LogP contribution in [0.4, 0.5) is 5.69 Å². The number of anilines is 1. The van der Waals surface area contributed by atoms with Gasteiger partial charge in [-0.15, -0.1) is 0 Å². The van der Waals surface area contributed by atoms with Gasteiger partial charge in [0.1, 0.15) is 4.99 Å². The van der Waals surface area contributed by atoms with E-state index in [1.165, 1.54) is 18.5 Å². The summed E-state index contributed by atoms with van der Waals surface area (Å²) in [5.41, 5.74) is 7.98. The molecule has 92 valence electrons. The molecule has 0 radical (unpaired) electrons. The van der Waals surface area contributed by atoms with E-state index in [-0.39, 0.29) is 0 Å². The quantitative estimate of drug-likeness (QED) is 0.812. The number of benzene rings is 1. The van der Waals surface area contributed by atoms with Crippen LogP contribution in [0.15, 0.2) is 24.3 Å². The molecule has 17 heavy (non-hydrogen) atoms. The monoisotopic (exact) mass is 248 g/mol. The third-order valence-electron chi connectivity index (χ3n) is 3.25. The lowest BCUT2D eigenvalue weighted by Gasteiger charge is -2.30. The van der Waals surface area contributed by atoms with Gasteiger partial charge in [-0.05, 0) is 44.7 Å². The van der Waals surface area contributed by atoms with Crippen LogP contribution in [0.5, 0.6) is 0 Å². The summed E-state index contributed by atoms with van der Waals surface area (Å²) in [4.78, 5) is 2.91. The fourth-order valence-electron chi connectivity index (χ4n) is 2.10.